The molecule has 10 aliphatic rings. The minimum atomic E-state index is -3.33. The fourth-order valence-corrected chi connectivity index (χ4v) is 17.9. The summed E-state index contributed by atoms with van der Waals surface area (Å²) in [6, 6.07) is 0. The quantitative estimate of drug-likeness (QED) is 0.460. The van der Waals surface area contributed by atoms with Crippen LogP contribution in [0, 0.1) is 47.3 Å². The maximum absolute atomic E-state index is 12.8. The van der Waals surface area contributed by atoms with Gasteiger partial charge in [0.2, 0.25) is 0 Å². The van der Waals surface area contributed by atoms with Crippen molar-refractivity contribution in [3.05, 3.63) is 0 Å². The summed E-state index contributed by atoms with van der Waals surface area (Å²) in [4.78, 5) is -0.288. The van der Waals surface area contributed by atoms with Gasteiger partial charge in [-0.15, -0.1) is 0 Å². The van der Waals surface area contributed by atoms with Crippen LogP contribution in [-0.4, -0.2) is 48.1 Å². The van der Waals surface area contributed by atoms with Gasteiger partial charge in [-0.3, -0.25) is 4.18 Å². The molecule has 33 heavy (non-hydrogen) atoms. The number of rotatable bonds is 2. The molecule has 9 unspecified atom stereocenters. The molecule has 10 fully saturated rings. The third-order valence-electron chi connectivity index (χ3n) is 12.3. The lowest BCUT2D eigenvalue weighted by molar-refractivity contribution is -0.303. The zero-order chi connectivity index (χ0) is 21.7. The van der Waals surface area contributed by atoms with Crippen molar-refractivity contribution in [2.24, 2.45) is 47.3 Å². The molecule has 0 aromatic rings. The first-order valence-electron chi connectivity index (χ1n) is 14.0. The highest BCUT2D eigenvalue weighted by Gasteiger charge is 2.71. The molecule has 3 aliphatic heterocycles. The molecule has 0 radical (unpaired) electrons. The molecule has 3 heterocycles. The van der Waals surface area contributed by atoms with E-state index in [0.29, 0.717) is 47.7 Å². The number of hydrogen-bond acceptors (Lipinski definition) is 5. The van der Waals surface area contributed by atoms with Crippen molar-refractivity contribution in [1.29, 1.82) is 0 Å². The lowest BCUT2D eigenvalue weighted by Crippen LogP contribution is -2.59. The first-order chi connectivity index (χ1) is 15.9. The number of hydrogen-bond donors (Lipinski definition) is 1. The standard InChI is InChI=1S/C26H38O5S2/c27-33(28)23-11-16-10-21(23)25(12-16,31-33)32-4-3-17(13-32)20-1-2-22-24(20)30-26(29-22)18-6-14-5-15(8-18)9-19(26)7-14/h14-24,32H,1-13H2. The molecule has 7 aliphatic carbocycles. The largest absolute Gasteiger partial charge is 0.343 e. The molecule has 0 aromatic heterocycles. The highest BCUT2D eigenvalue weighted by molar-refractivity contribution is 8.18. The van der Waals surface area contributed by atoms with Crippen molar-refractivity contribution in [2.45, 2.75) is 98.8 Å². The Morgan fingerprint density at radius 1 is 0.818 bits per heavy atom. The molecule has 184 valence electrons. The van der Waals surface area contributed by atoms with Crippen LogP contribution in [-0.2, 0) is 23.8 Å². The fraction of sp³-hybridized carbons (Fsp3) is 1.00. The van der Waals surface area contributed by atoms with Gasteiger partial charge in [0.15, 0.2) is 5.79 Å². The topological polar surface area (TPSA) is 61.8 Å². The fourth-order valence-electron chi connectivity index (χ4n) is 11.3. The molecular weight excluding hydrogens is 456 g/mol. The molecule has 7 heteroatoms. The Kier molecular flexibility index (Phi) is 3.90. The summed E-state index contributed by atoms with van der Waals surface area (Å²) in [7, 11) is -3.70. The number of ether oxygens (including phenoxy) is 2. The summed E-state index contributed by atoms with van der Waals surface area (Å²) in [6.07, 6.45) is 14.1. The molecule has 9 atom stereocenters. The van der Waals surface area contributed by atoms with E-state index < -0.39 is 10.1 Å². The van der Waals surface area contributed by atoms with Crippen molar-refractivity contribution in [3.8, 4) is 0 Å². The number of fused-ring (bicyclic) bond motifs is 2. The summed E-state index contributed by atoms with van der Waals surface area (Å²) in [5.41, 5.74) is 0. The van der Waals surface area contributed by atoms with Gasteiger partial charge in [0, 0.05) is 17.8 Å². The monoisotopic (exact) mass is 494 g/mol. The molecule has 6 bridgehead atoms. The summed E-state index contributed by atoms with van der Waals surface area (Å²) in [6.45, 7) is 0. The van der Waals surface area contributed by atoms with Crippen LogP contribution < -0.4 is 0 Å². The van der Waals surface area contributed by atoms with Gasteiger partial charge in [-0.05, 0) is 112 Å². The van der Waals surface area contributed by atoms with E-state index in [1.54, 1.807) is 0 Å². The van der Waals surface area contributed by atoms with E-state index >= 15 is 0 Å². The molecule has 0 aromatic carbocycles. The van der Waals surface area contributed by atoms with Crippen molar-refractivity contribution in [3.63, 3.8) is 0 Å². The molecule has 0 amide bonds. The van der Waals surface area contributed by atoms with E-state index in [9.17, 15) is 8.42 Å². The second kappa shape index (κ2) is 6.35. The van der Waals surface area contributed by atoms with Gasteiger partial charge in [0.1, 0.15) is 4.93 Å². The molecule has 3 saturated heterocycles. The zero-order valence-corrected chi connectivity index (χ0v) is 21.2. The molecule has 5 nitrogen and oxygen atoms in total. The Bertz CT molecular complexity index is 969. The average molecular weight is 495 g/mol. The van der Waals surface area contributed by atoms with E-state index in [4.69, 9.17) is 13.7 Å². The second-order valence-electron chi connectivity index (χ2n) is 13.6. The summed E-state index contributed by atoms with van der Waals surface area (Å²) in [5.74, 6) is 7.52. The Morgan fingerprint density at radius 2 is 1.61 bits per heavy atom. The summed E-state index contributed by atoms with van der Waals surface area (Å²) < 4.78 is 45.7. The highest BCUT2D eigenvalue weighted by atomic mass is 32.2. The van der Waals surface area contributed by atoms with Crippen LogP contribution in [0.3, 0.4) is 0 Å². The minimum absolute atomic E-state index is 0.183. The minimum Gasteiger partial charge on any atom is -0.343 e. The lowest BCUT2D eigenvalue weighted by Gasteiger charge is -2.58. The highest BCUT2D eigenvalue weighted by Crippen LogP contribution is 2.71. The zero-order valence-electron chi connectivity index (χ0n) is 19.4. The molecular formula is C26H38O5S2. The van der Waals surface area contributed by atoms with Crippen LogP contribution in [0.2, 0.25) is 0 Å². The first-order valence-corrected chi connectivity index (χ1v) is 17.2. The Morgan fingerprint density at radius 3 is 2.36 bits per heavy atom. The van der Waals surface area contributed by atoms with Gasteiger partial charge in [0.05, 0.1) is 17.5 Å². The second-order valence-corrected chi connectivity index (χ2v) is 18.0. The third-order valence-corrected chi connectivity index (χ3v) is 17.6. The van der Waals surface area contributed by atoms with Crippen molar-refractivity contribution in [1.82, 2.24) is 0 Å². The smallest absolute Gasteiger partial charge is 0.271 e. The van der Waals surface area contributed by atoms with Gasteiger partial charge >= 0.3 is 0 Å². The average Bonchev–Trinajstić information content (AvgIpc) is 3.55. The van der Waals surface area contributed by atoms with Crippen LogP contribution in [0.1, 0.15) is 70.6 Å². The molecule has 7 saturated carbocycles. The first kappa shape index (κ1) is 20.3. The van der Waals surface area contributed by atoms with Crippen LogP contribution >= 0.6 is 10.9 Å². The van der Waals surface area contributed by atoms with E-state index in [-0.39, 0.29) is 26.9 Å². The molecule has 1 spiro atoms. The Balaban J connectivity index is 0.959. The predicted molar refractivity (Wildman–Crippen MR) is 126 cm³/mol. The van der Waals surface area contributed by atoms with E-state index in [0.717, 1.165) is 31.1 Å². The van der Waals surface area contributed by atoms with Gasteiger partial charge in [-0.25, -0.2) is 10.9 Å². The van der Waals surface area contributed by atoms with E-state index in [2.05, 4.69) is 0 Å². The van der Waals surface area contributed by atoms with E-state index in [1.807, 2.05) is 0 Å². The van der Waals surface area contributed by atoms with Crippen molar-refractivity contribution in [2.75, 3.05) is 11.5 Å². The van der Waals surface area contributed by atoms with Gasteiger partial charge < -0.3 is 9.47 Å². The van der Waals surface area contributed by atoms with Crippen LogP contribution in [0.4, 0.5) is 0 Å². The van der Waals surface area contributed by atoms with E-state index in [1.165, 1.54) is 62.9 Å². The van der Waals surface area contributed by atoms with Crippen molar-refractivity contribution < 1.29 is 22.1 Å². The third kappa shape index (κ3) is 2.46. The van der Waals surface area contributed by atoms with Crippen LogP contribution in [0.15, 0.2) is 0 Å². The van der Waals surface area contributed by atoms with Crippen LogP contribution in [0.25, 0.3) is 0 Å². The van der Waals surface area contributed by atoms with Gasteiger partial charge in [-0.2, -0.15) is 8.42 Å². The molecule has 10 rings (SSSR count). The maximum atomic E-state index is 12.8. The summed E-state index contributed by atoms with van der Waals surface area (Å²) >= 11 is 0. The van der Waals surface area contributed by atoms with Gasteiger partial charge in [0.25, 0.3) is 10.1 Å². The Labute approximate surface area is 200 Å². The maximum Gasteiger partial charge on any atom is 0.271 e. The molecule has 0 N–H and O–H groups in total. The predicted octanol–water partition coefficient (Wildman–Crippen LogP) is 4.21. The SMILES string of the molecule is O=S1(=O)OC2([SH]3CCC(C4CCC5OC6(OC54)C4CC5CC(C4)CC6C5)C3)CC3CC2C1C3. The summed E-state index contributed by atoms with van der Waals surface area (Å²) in [5, 5.41) is -0.183. The van der Waals surface area contributed by atoms with Crippen LogP contribution in [0.5, 0.6) is 0 Å². The Hall–Kier alpha value is 0.180. The number of thiol groups is 1. The van der Waals surface area contributed by atoms with Crippen molar-refractivity contribution >= 4 is 21.0 Å². The lowest BCUT2D eigenvalue weighted by atomic mass is 9.53. The normalized spacial score (nSPS) is 66.7. The van der Waals surface area contributed by atoms with Gasteiger partial charge in [-0.1, -0.05) is 0 Å².